The maximum Gasteiger partial charge on any atom is 0.259 e. The van der Waals surface area contributed by atoms with E-state index in [1.165, 1.54) is 11.3 Å². The summed E-state index contributed by atoms with van der Waals surface area (Å²) in [6.07, 6.45) is 0. The van der Waals surface area contributed by atoms with Crippen molar-refractivity contribution in [1.82, 2.24) is 4.98 Å². The SMILES string of the molecule is Cc1cccc(C(=O)Nc2nc3ccccc3s2)c1N. The van der Waals surface area contributed by atoms with E-state index in [0.717, 1.165) is 15.8 Å². The molecule has 0 saturated carbocycles. The zero-order chi connectivity index (χ0) is 14.1. The van der Waals surface area contributed by atoms with Crippen molar-refractivity contribution in [2.24, 2.45) is 0 Å². The number of benzene rings is 2. The summed E-state index contributed by atoms with van der Waals surface area (Å²) in [5.41, 5.74) is 8.69. The van der Waals surface area contributed by atoms with Gasteiger partial charge in [-0.15, -0.1) is 0 Å². The first-order valence-electron chi connectivity index (χ1n) is 6.17. The van der Waals surface area contributed by atoms with Crippen LogP contribution in [0.1, 0.15) is 15.9 Å². The van der Waals surface area contributed by atoms with Crippen LogP contribution in [0.3, 0.4) is 0 Å². The van der Waals surface area contributed by atoms with Crippen molar-refractivity contribution in [3.05, 3.63) is 53.6 Å². The minimum Gasteiger partial charge on any atom is -0.398 e. The number of nitrogens with two attached hydrogens (primary N) is 1. The molecule has 4 nitrogen and oxygen atoms in total. The molecule has 100 valence electrons. The number of rotatable bonds is 2. The van der Waals surface area contributed by atoms with E-state index in [2.05, 4.69) is 10.3 Å². The van der Waals surface area contributed by atoms with Crippen LogP contribution in [0.15, 0.2) is 42.5 Å². The molecule has 3 aromatic rings. The van der Waals surface area contributed by atoms with Crippen molar-refractivity contribution < 1.29 is 4.79 Å². The van der Waals surface area contributed by atoms with Crippen LogP contribution in [0, 0.1) is 6.92 Å². The van der Waals surface area contributed by atoms with Gasteiger partial charge in [-0.1, -0.05) is 35.6 Å². The van der Waals surface area contributed by atoms with Gasteiger partial charge < -0.3 is 5.73 Å². The van der Waals surface area contributed by atoms with Crippen molar-refractivity contribution in [3.63, 3.8) is 0 Å². The van der Waals surface area contributed by atoms with Crippen LogP contribution in [0.2, 0.25) is 0 Å². The number of fused-ring (bicyclic) bond motifs is 1. The van der Waals surface area contributed by atoms with Gasteiger partial charge in [-0.3, -0.25) is 10.1 Å². The summed E-state index contributed by atoms with van der Waals surface area (Å²) in [7, 11) is 0. The Kier molecular flexibility index (Phi) is 3.12. The predicted octanol–water partition coefficient (Wildman–Crippen LogP) is 3.44. The average Bonchev–Trinajstić information content (AvgIpc) is 2.83. The number of thiazole rings is 1. The largest absolute Gasteiger partial charge is 0.398 e. The second-order valence-electron chi connectivity index (χ2n) is 4.48. The highest BCUT2D eigenvalue weighted by atomic mass is 32.1. The van der Waals surface area contributed by atoms with Gasteiger partial charge in [0.25, 0.3) is 5.91 Å². The van der Waals surface area contributed by atoms with Crippen molar-refractivity contribution in [2.75, 3.05) is 11.1 Å². The van der Waals surface area contributed by atoms with Gasteiger partial charge in [-0.05, 0) is 30.7 Å². The highest BCUT2D eigenvalue weighted by Crippen LogP contribution is 2.26. The number of nitrogen functional groups attached to an aromatic ring is 1. The summed E-state index contributed by atoms with van der Waals surface area (Å²) in [5.74, 6) is -0.231. The number of carbonyl (C=O) groups is 1. The quantitative estimate of drug-likeness (QED) is 0.708. The van der Waals surface area contributed by atoms with E-state index in [0.29, 0.717) is 16.4 Å². The first-order valence-corrected chi connectivity index (χ1v) is 6.99. The van der Waals surface area contributed by atoms with Crippen molar-refractivity contribution in [1.29, 1.82) is 0 Å². The van der Waals surface area contributed by atoms with E-state index in [9.17, 15) is 4.79 Å². The Hall–Kier alpha value is -2.40. The van der Waals surface area contributed by atoms with E-state index in [1.807, 2.05) is 43.3 Å². The third-order valence-corrected chi connectivity index (χ3v) is 4.03. The molecule has 0 unspecified atom stereocenters. The van der Waals surface area contributed by atoms with E-state index in [4.69, 9.17) is 5.73 Å². The number of carbonyl (C=O) groups excluding carboxylic acids is 1. The fourth-order valence-corrected chi connectivity index (χ4v) is 2.83. The Morgan fingerprint density at radius 1 is 1.20 bits per heavy atom. The van der Waals surface area contributed by atoms with Crippen LogP contribution >= 0.6 is 11.3 Å². The standard InChI is InChI=1S/C15H13N3OS/c1-9-5-4-6-10(13(9)16)14(19)18-15-17-11-7-2-3-8-12(11)20-15/h2-8H,16H2,1H3,(H,17,18,19). The lowest BCUT2D eigenvalue weighted by Crippen LogP contribution is -2.14. The number of para-hydroxylation sites is 2. The molecule has 0 radical (unpaired) electrons. The maximum absolute atomic E-state index is 12.2. The van der Waals surface area contributed by atoms with Gasteiger partial charge in [-0.2, -0.15) is 0 Å². The number of nitrogens with zero attached hydrogens (tertiary/aromatic N) is 1. The molecular weight excluding hydrogens is 270 g/mol. The molecule has 0 bridgehead atoms. The van der Waals surface area contributed by atoms with Crippen LogP contribution in [0.25, 0.3) is 10.2 Å². The molecule has 0 spiro atoms. The first kappa shape index (κ1) is 12.6. The molecule has 20 heavy (non-hydrogen) atoms. The van der Waals surface area contributed by atoms with Gasteiger partial charge in [0.1, 0.15) is 0 Å². The summed E-state index contributed by atoms with van der Waals surface area (Å²) in [6, 6.07) is 13.2. The van der Waals surface area contributed by atoms with Gasteiger partial charge in [-0.25, -0.2) is 4.98 Å². The van der Waals surface area contributed by atoms with Crippen molar-refractivity contribution >= 4 is 38.3 Å². The zero-order valence-corrected chi connectivity index (χ0v) is 11.7. The Morgan fingerprint density at radius 2 is 2.00 bits per heavy atom. The second kappa shape index (κ2) is 4.94. The first-order chi connectivity index (χ1) is 9.65. The summed E-state index contributed by atoms with van der Waals surface area (Å²) >= 11 is 1.45. The summed E-state index contributed by atoms with van der Waals surface area (Å²) in [5, 5.41) is 3.38. The molecule has 3 N–H and O–H groups in total. The molecule has 0 aliphatic rings. The Bertz CT molecular complexity index is 762. The molecule has 3 rings (SSSR count). The lowest BCUT2D eigenvalue weighted by Gasteiger charge is -2.07. The van der Waals surface area contributed by atoms with Crippen LogP contribution in [-0.2, 0) is 0 Å². The number of hydrogen-bond acceptors (Lipinski definition) is 4. The van der Waals surface area contributed by atoms with Crippen LogP contribution < -0.4 is 11.1 Å². The van der Waals surface area contributed by atoms with Gasteiger partial charge in [0.05, 0.1) is 15.8 Å². The van der Waals surface area contributed by atoms with Gasteiger partial charge in [0.15, 0.2) is 5.13 Å². The molecule has 0 atom stereocenters. The number of amides is 1. The molecular formula is C15H13N3OS. The molecule has 0 saturated heterocycles. The van der Waals surface area contributed by atoms with Crippen LogP contribution in [0.5, 0.6) is 0 Å². The molecule has 0 aliphatic heterocycles. The lowest BCUT2D eigenvalue weighted by molar-refractivity contribution is 0.102. The molecule has 2 aromatic carbocycles. The van der Waals surface area contributed by atoms with Crippen LogP contribution in [0.4, 0.5) is 10.8 Å². The summed E-state index contributed by atoms with van der Waals surface area (Å²) < 4.78 is 1.04. The average molecular weight is 283 g/mol. The molecule has 0 aliphatic carbocycles. The number of anilines is 2. The maximum atomic E-state index is 12.2. The molecule has 1 aromatic heterocycles. The minimum absolute atomic E-state index is 0.231. The van der Waals surface area contributed by atoms with E-state index in [1.54, 1.807) is 6.07 Å². The fourth-order valence-electron chi connectivity index (χ4n) is 1.97. The third-order valence-electron chi connectivity index (χ3n) is 3.08. The number of aromatic nitrogens is 1. The van der Waals surface area contributed by atoms with E-state index >= 15 is 0 Å². The molecule has 1 amide bonds. The van der Waals surface area contributed by atoms with Gasteiger partial charge in [0, 0.05) is 5.69 Å². The molecule has 5 heteroatoms. The normalized spacial score (nSPS) is 10.7. The zero-order valence-electron chi connectivity index (χ0n) is 10.9. The van der Waals surface area contributed by atoms with Gasteiger partial charge in [0.2, 0.25) is 0 Å². The van der Waals surface area contributed by atoms with E-state index in [-0.39, 0.29) is 5.91 Å². The Morgan fingerprint density at radius 3 is 2.80 bits per heavy atom. The highest BCUT2D eigenvalue weighted by molar-refractivity contribution is 7.22. The Labute approximate surface area is 120 Å². The number of hydrogen-bond donors (Lipinski definition) is 2. The monoisotopic (exact) mass is 283 g/mol. The second-order valence-corrected chi connectivity index (χ2v) is 5.51. The molecule has 1 heterocycles. The third kappa shape index (κ3) is 2.23. The fraction of sp³-hybridized carbons (Fsp3) is 0.0667. The van der Waals surface area contributed by atoms with E-state index < -0.39 is 0 Å². The predicted molar refractivity (Wildman–Crippen MR) is 83.2 cm³/mol. The van der Waals surface area contributed by atoms with Crippen molar-refractivity contribution in [2.45, 2.75) is 6.92 Å². The minimum atomic E-state index is -0.231. The van der Waals surface area contributed by atoms with Gasteiger partial charge >= 0.3 is 0 Å². The smallest absolute Gasteiger partial charge is 0.259 e. The number of nitrogens with one attached hydrogen (secondary N) is 1. The van der Waals surface area contributed by atoms with Crippen molar-refractivity contribution in [3.8, 4) is 0 Å². The lowest BCUT2D eigenvalue weighted by atomic mass is 10.1. The van der Waals surface area contributed by atoms with Crippen LogP contribution in [-0.4, -0.2) is 10.9 Å². The summed E-state index contributed by atoms with van der Waals surface area (Å²) in [6.45, 7) is 1.88. The highest BCUT2D eigenvalue weighted by Gasteiger charge is 2.13. The topological polar surface area (TPSA) is 68.0 Å². The number of aryl methyl sites for hydroxylation is 1. The Balaban J connectivity index is 1.90. The molecule has 0 fully saturated rings. The summed E-state index contributed by atoms with van der Waals surface area (Å²) in [4.78, 5) is 16.6.